The van der Waals surface area contributed by atoms with Gasteiger partial charge in [0.15, 0.2) is 4.27 Å². The average Bonchev–Trinajstić information content (AvgIpc) is 1.83. The van der Waals surface area contributed by atoms with Crippen molar-refractivity contribution in [2.45, 2.75) is 28.0 Å². The van der Waals surface area contributed by atoms with Gasteiger partial charge in [0, 0.05) is 0 Å². The molecule has 3 atom stereocenters. The van der Waals surface area contributed by atoms with E-state index in [2.05, 4.69) is 55.8 Å². The van der Waals surface area contributed by atoms with Gasteiger partial charge in [0.2, 0.25) is 0 Å². The van der Waals surface area contributed by atoms with Gasteiger partial charge in [0.05, 0.1) is 11.4 Å². The average molecular weight is 229 g/mol. The third-order valence-corrected chi connectivity index (χ3v) is 3.59. The largest absolute Gasteiger partial charge is 0.338 e. The highest BCUT2D eigenvalue weighted by Crippen LogP contribution is 2.34. The highest BCUT2D eigenvalue weighted by Gasteiger charge is 2.39. The van der Waals surface area contributed by atoms with Crippen LogP contribution in [-0.4, -0.2) is 21.1 Å². The lowest BCUT2D eigenvalue weighted by Crippen LogP contribution is -2.56. The van der Waals surface area contributed by atoms with Crippen molar-refractivity contribution in [1.29, 1.82) is 0 Å². The number of morpholine rings is 1. The summed E-state index contributed by atoms with van der Waals surface area (Å²) in [6.07, 6.45) is 0. The zero-order valence-corrected chi connectivity index (χ0v) is 9.51. The van der Waals surface area contributed by atoms with Crippen molar-refractivity contribution in [2.24, 2.45) is 0 Å². The van der Waals surface area contributed by atoms with Crippen LogP contribution in [0.3, 0.4) is 0 Å². The molecular formula is C5H11NOS4. The van der Waals surface area contributed by atoms with Crippen LogP contribution in [0, 0.1) is 0 Å². The van der Waals surface area contributed by atoms with Crippen LogP contribution < -0.4 is 5.32 Å². The first-order chi connectivity index (χ1) is 4.93. The third-order valence-electron chi connectivity index (χ3n) is 1.55. The number of hydrogen-bond donors (Lipinski definition) is 5. The molecule has 1 N–H and O–H groups in total. The summed E-state index contributed by atoms with van der Waals surface area (Å²) >= 11 is 16.8. The van der Waals surface area contributed by atoms with Crippen LogP contribution in [0.25, 0.3) is 0 Å². The number of ether oxygens (including phenoxy) is 1. The van der Waals surface area contributed by atoms with E-state index in [1.54, 1.807) is 0 Å². The first kappa shape index (κ1) is 10.4. The first-order valence-corrected chi connectivity index (χ1v) is 5.11. The second-order valence-corrected chi connectivity index (χ2v) is 5.25. The summed E-state index contributed by atoms with van der Waals surface area (Å²) in [5.41, 5.74) is -0.274. The maximum Gasteiger partial charge on any atom is 0.171 e. The van der Waals surface area contributed by atoms with Crippen molar-refractivity contribution >= 4 is 50.5 Å². The second kappa shape index (κ2) is 3.59. The highest BCUT2D eigenvalue weighted by atomic mass is 32.2. The molecule has 1 aliphatic rings. The van der Waals surface area contributed by atoms with Gasteiger partial charge in [-0.25, -0.2) is 0 Å². The molecule has 1 fully saturated rings. The summed E-state index contributed by atoms with van der Waals surface area (Å²) < 4.78 is 4.59. The van der Waals surface area contributed by atoms with Crippen LogP contribution in [0.1, 0.15) is 6.92 Å². The molecule has 1 heterocycles. The second-order valence-electron chi connectivity index (χ2n) is 2.50. The predicted octanol–water partition coefficient (Wildman–Crippen LogP) is 1.02. The minimum atomic E-state index is -0.758. The summed E-state index contributed by atoms with van der Waals surface area (Å²) in [6.45, 7) is 1.93. The number of hydrogen-bond acceptors (Lipinski definition) is 6. The lowest BCUT2D eigenvalue weighted by molar-refractivity contribution is 0.0112. The maximum atomic E-state index is 5.35. The Labute approximate surface area is 88.5 Å². The Morgan fingerprint density at radius 1 is 1.36 bits per heavy atom. The monoisotopic (exact) mass is 229 g/mol. The Balaban J connectivity index is 2.63. The number of rotatable bonds is 0. The predicted molar refractivity (Wildman–Crippen MR) is 59.9 cm³/mol. The summed E-state index contributed by atoms with van der Waals surface area (Å²) in [5, 5.41) is 3.06. The van der Waals surface area contributed by atoms with Crippen LogP contribution >= 0.6 is 50.5 Å². The molecule has 3 unspecified atom stereocenters. The Morgan fingerprint density at radius 2 is 1.91 bits per heavy atom. The van der Waals surface area contributed by atoms with E-state index in [1.807, 2.05) is 6.92 Å². The molecule has 0 radical (unpaired) electrons. The highest BCUT2D eigenvalue weighted by molar-refractivity contribution is 8.00. The quantitative estimate of drug-likeness (QED) is 0.316. The minimum absolute atomic E-state index is 0.0417. The van der Waals surface area contributed by atoms with Gasteiger partial charge < -0.3 is 4.74 Å². The minimum Gasteiger partial charge on any atom is -0.338 e. The van der Waals surface area contributed by atoms with Crippen LogP contribution in [0.4, 0.5) is 0 Å². The van der Waals surface area contributed by atoms with Gasteiger partial charge in [0.25, 0.3) is 0 Å². The normalized spacial score (nSPS) is 43.9. The standard InChI is InChI=1S/C5H11NOS4/c1-2-5(10,11)7-4(9)3(8)6-2/h2-4,6,8-11H,1H3. The van der Waals surface area contributed by atoms with Crippen LogP contribution in [-0.2, 0) is 4.74 Å². The zero-order valence-electron chi connectivity index (χ0n) is 5.93. The van der Waals surface area contributed by atoms with Gasteiger partial charge in [-0.15, -0.1) is 37.9 Å². The topological polar surface area (TPSA) is 21.3 Å². The molecule has 6 heteroatoms. The van der Waals surface area contributed by atoms with E-state index in [1.165, 1.54) is 0 Å². The molecule has 0 aliphatic carbocycles. The SMILES string of the molecule is CC1NC(S)C(S)OC1(S)S. The molecular weight excluding hydrogens is 218 g/mol. The molecule has 1 aliphatic heterocycles. The molecule has 0 saturated carbocycles. The molecule has 0 aromatic heterocycles. The van der Waals surface area contributed by atoms with Crippen LogP contribution in [0.2, 0.25) is 0 Å². The summed E-state index contributed by atoms with van der Waals surface area (Å²) in [6, 6.07) is 0.0417. The van der Waals surface area contributed by atoms with Crippen molar-refractivity contribution in [3.05, 3.63) is 0 Å². The smallest absolute Gasteiger partial charge is 0.171 e. The molecule has 1 saturated heterocycles. The summed E-state index contributed by atoms with van der Waals surface area (Å²) in [4.78, 5) is 0. The molecule has 0 aromatic carbocycles. The van der Waals surface area contributed by atoms with E-state index < -0.39 is 4.27 Å². The van der Waals surface area contributed by atoms with E-state index in [-0.39, 0.29) is 16.9 Å². The molecule has 66 valence electrons. The van der Waals surface area contributed by atoms with E-state index in [0.29, 0.717) is 0 Å². The molecule has 2 nitrogen and oxygen atoms in total. The van der Waals surface area contributed by atoms with Gasteiger partial charge >= 0.3 is 0 Å². The van der Waals surface area contributed by atoms with Crippen molar-refractivity contribution in [3.8, 4) is 0 Å². The third kappa shape index (κ3) is 2.38. The zero-order chi connectivity index (χ0) is 8.65. The summed E-state index contributed by atoms with van der Waals surface area (Å²) in [5.74, 6) is 0. The van der Waals surface area contributed by atoms with Gasteiger partial charge in [-0.3, -0.25) is 5.32 Å². The maximum absolute atomic E-state index is 5.35. The summed E-state index contributed by atoms with van der Waals surface area (Å²) in [7, 11) is 0. The lowest BCUT2D eigenvalue weighted by atomic mass is 10.3. The van der Waals surface area contributed by atoms with Crippen molar-refractivity contribution in [3.63, 3.8) is 0 Å². The number of nitrogens with one attached hydrogen (secondary N) is 1. The van der Waals surface area contributed by atoms with Crippen molar-refractivity contribution in [2.75, 3.05) is 0 Å². The fourth-order valence-corrected chi connectivity index (χ4v) is 1.87. The number of thiol groups is 4. The molecule has 0 aromatic rings. The molecule has 0 amide bonds. The van der Waals surface area contributed by atoms with Gasteiger partial charge in [-0.1, -0.05) is 0 Å². The molecule has 1 rings (SSSR count). The van der Waals surface area contributed by atoms with E-state index in [0.717, 1.165) is 0 Å². The lowest BCUT2D eigenvalue weighted by Gasteiger charge is -2.41. The Kier molecular flexibility index (Phi) is 3.40. The fourth-order valence-electron chi connectivity index (χ4n) is 0.791. The Morgan fingerprint density at radius 3 is 2.36 bits per heavy atom. The van der Waals surface area contributed by atoms with E-state index >= 15 is 0 Å². The Hall–Kier alpha value is 1.32. The van der Waals surface area contributed by atoms with Crippen molar-refractivity contribution < 1.29 is 4.74 Å². The van der Waals surface area contributed by atoms with Gasteiger partial charge in [-0.05, 0) is 6.92 Å². The van der Waals surface area contributed by atoms with Gasteiger partial charge in [-0.2, -0.15) is 12.6 Å². The van der Waals surface area contributed by atoms with E-state index in [9.17, 15) is 0 Å². The molecule has 11 heavy (non-hydrogen) atoms. The van der Waals surface area contributed by atoms with E-state index in [4.69, 9.17) is 4.74 Å². The van der Waals surface area contributed by atoms with Gasteiger partial charge in [0.1, 0.15) is 5.44 Å². The van der Waals surface area contributed by atoms with Crippen molar-refractivity contribution in [1.82, 2.24) is 5.32 Å². The van der Waals surface area contributed by atoms with Crippen LogP contribution in [0.15, 0.2) is 0 Å². The molecule has 0 spiro atoms. The fraction of sp³-hybridized carbons (Fsp3) is 1.00. The first-order valence-electron chi connectivity index (χ1n) is 3.18. The van der Waals surface area contributed by atoms with Crippen LogP contribution in [0.5, 0.6) is 0 Å². The Bertz CT molecular complexity index is 153. The molecule has 0 bridgehead atoms.